The largest absolute Gasteiger partial charge is 0.454 e. The van der Waals surface area contributed by atoms with Crippen LogP contribution in [0.4, 0.5) is 0 Å². The number of esters is 1. The molecule has 1 aromatic carbocycles. The summed E-state index contributed by atoms with van der Waals surface area (Å²) in [6.45, 7) is 9.24. The van der Waals surface area contributed by atoms with Gasteiger partial charge >= 0.3 is 5.97 Å². The molecule has 0 N–H and O–H groups in total. The van der Waals surface area contributed by atoms with Gasteiger partial charge in [-0.25, -0.2) is 13.2 Å². The zero-order chi connectivity index (χ0) is 26.0. The number of benzene rings is 1. The first kappa shape index (κ1) is 26.3. The number of nitrogens with zero attached hydrogens (tertiary/aromatic N) is 2. The van der Waals surface area contributed by atoms with Gasteiger partial charge < -0.3 is 9.30 Å². The Kier molecular flexibility index (Phi) is 7.82. The Hall–Kier alpha value is -2.75. The molecule has 2 atom stereocenters. The topological polar surface area (TPSA) is 85.7 Å². The molecule has 0 spiro atoms. The first-order valence-corrected chi connectivity index (χ1v) is 14.4. The maximum Gasteiger partial charge on any atom is 0.338 e. The van der Waals surface area contributed by atoms with Crippen LogP contribution in [0.2, 0.25) is 0 Å². The number of ketones is 1. The third-order valence-corrected chi connectivity index (χ3v) is 9.37. The van der Waals surface area contributed by atoms with E-state index in [2.05, 4.69) is 24.5 Å². The maximum absolute atomic E-state index is 13.1. The fraction of sp³-hybridized carbons (Fsp3) is 0.407. The standard InChI is InChI=1S/C27H32N2O5S2/c1-18-12-19(2)15-28(14-18)36(32,33)24-9-7-22(8-10-24)27(31)34-17-26(30)25-13-20(3)29(21(25)4)16-23-6-5-11-35-23/h5-11,13,18-19H,12,14-17H2,1-4H3/t18-,19-/m0/s1. The van der Waals surface area contributed by atoms with E-state index in [0.717, 1.165) is 17.8 Å². The van der Waals surface area contributed by atoms with Crippen LogP contribution >= 0.6 is 11.3 Å². The molecule has 1 aliphatic rings. The maximum atomic E-state index is 13.1. The predicted octanol–water partition coefficient (Wildman–Crippen LogP) is 4.92. The molecule has 1 aliphatic heterocycles. The Labute approximate surface area is 216 Å². The minimum absolute atomic E-state index is 0.148. The van der Waals surface area contributed by atoms with Gasteiger partial charge in [0, 0.05) is 34.9 Å². The lowest BCUT2D eigenvalue weighted by Crippen LogP contribution is -2.42. The number of sulfonamides is 1. The summed E-state index contributed by atoms with van der Waals surface area (Å²) in [6, 6.07) is 11.6. The normalized spacial score (nSPS) is 18.8. The molecule has 3 aromatic rings. The second-order valence-electron chi connectivity index (χ2n) is 9.74. The molecule has 4 rings (SSSR count). The van der Waals surface area contributed by atoms with Crippen molar-refractivity contribution < 1.29 is 22.7 Å². The molecule has 9 heteroatoms. The monoisotopic (exact) mass is 528 g/mol. The molecule has 0 aliphatic carbocycles. The van der Waals surface area contributed by atoms with Crippen molar-refractivity contribution in [2.45, 2.75) is 45.6 Å². The molecule has 0 bridgehead atoms. The SMILES string of the molecule is Cc1cc(C(=O)COC(=O)c2ccc(S(=O)(=O)N3C[C@@H](C)C[C@H](C)C3)cc2)c(C)n1Cc1cccs1. The van der Waals surface area contributed by atoms with Crippen molar-refractivity contribution in [3.63, 3.8) is 0 Å². The van der Waals surface area contributed by atoms with Gasteiger partial charge in [-0.2, -0.15) is 4.31 Å². The van der Waals surface area contributed by atoms with Crippen LogP contribution in [-0.2, 0) is 21.3 Å². The highest BCUT2D eigenvalue weighted by Gasteiger charge is 2.31. The smallest absolute Gasteiger partial charge is 0.338 e. The summed E-state index contributed by atoms with van der Waals surface area (Å²) in [7, 11) is -3.63. The molecule has 1 saturated heterocycles. The molecule has 192 valence electrons. The van der Waals surface area contributed by atoms with Gasteiger partial charge in [0.05, 0.1) is 17.0 Å². The van der Waals surface area contributed by atoms with E-state index < -0.39 is 16.0 Å². The molecule has 0 saturated carbocycles. The lowest BCUT2D eigenvalue weighted by Gasteiger charge is -2.34. The number of aromatic nitrogens is 1. The minimum Gasteiger partial charge on any atom is -0.454 e. The van der Waals surface area contributed by atoms with E-state index in [1.165, 1.54) is 33.4 Å². The molecule has 7 nitrogen and oxygen atoms in total. The van der Waals surface area contributed by atoms with Gasteiger partial charge in [-0.15, -0.1) is 11.3 Å². The van der Waals surface area contributed by atoms with Crippen molar-refractivity contribution in [2.75, 3.05) is 19.7 Å². The van der Waals surface area contributed by atoms with Crippen molar-refractivity contribution >= 4 is 33.1 Å². The summed E-state index contributed by atoms with van der Waals surface area (Å²) in [4.78, 5) is 26.7. The van der Waals surface area contributed by atoms with Gasteiger partial charge in [0.1, 0.15) is 0 Å². The van der Waals surface area contributed by atoms with E-state index in [4.69, 9.17) is 4.74 Å². The van der Waals surface area contributed by atoms with E-state index >= 15 is 0 Å². The fourth-order valence-electron chi connectivity index (χ4n) is 4.89. The fourth-order valence-corrected chi connectivity index (χ4v) is 7.26. The Bertz CT molecular complexity index is 1330. The van der Waals surface area contributed by atoms with Crippen LogP contribution in [0.1, 0.15) is 57.2 Å². The van der Waals surface area contributed by atoms with Crippen LogP contribution in [0.25, 0.3) is 0 Å². The average molecular weight is 529 g/mol. The molecule has 2 aromatic heterocycles. The van der Waals surface area contributed by atoms with Gasteiger partial charge in [-0.1, -0.05) is 19.9 Å². The summed E-state index contributed by atoms with van der Waals surface area (Å²) >= 11 is 1.66. The molecule has 3 heterocycles. The van der Waals surface area contributed by atoms with Gasteiger partial charge in [-0.05, 0) is 73.9 Å². The highest BCUT2D eigenvalue weighted by atomic mass is 32.2. The van der Waals surface area contributed by atoms with Gasteiger partial charge in [-0.3, -0.25) is 4.79 Å². The molecular formula is C27H32N2O5S2. The zero-order valence-corrected chi connectivity index (χ0v) is 22.7. The van der Waals surface area contributed by atoms with Crippen LogP contribution in [0, 0.1) is 25.7 Å². The van der Waals surface area contributed by atoms with Gasteiger partial charge in [0.15, 0.2) is 6.61 Å². The van der Waals surface area contributed by atoms with E-state index in [1.54, 1.807) is 11.3 Å². The van der Waals surface area contributed by atoms with E-state index in [1.807, 2.05) is 31.4 Å². The van der Waals surface area contributed by atoms with E-state index in [-0.39, 0.29) is 22.8 Å². The molecule has 1 fully saturated rings. The number of rotatable bonds is 8. The second-order valence-corrected chi connectivity index (χ2v) is 12.7. The lowest BCUT2D eigenvalue weighted by atomic mass is 9.94. The first-order valence-electron chi connectivity index (χ1n) is 12.1. The highest BCUT2D eigenvalue weighted by Crippen LogP contribution is 2.27. The summed E-state index contributed by atoms with van der Waals surface area (Å²) in [5, 5.41) is 2.02. The van der Waals surface area contributed by atoms with E-state index in [9.17, 15) is 18.0 Å². The van der Waals surface area contributed by atoms with Crippen molar-refractivity contribution in [1.29, 1.82) is 0 Å². The molecule has 0 amide bonds. The van der Waals surface area contributed by atoms with Crippen LogP contribution in [0.3, 0.4) is 0 Å². The second kappa shape index (κ2) is 10.7. The number of carbonyl (C=O) groups is 2. The van der Waals surface area contributed by atoms with Crippen LogP contribution in [0.15, 0.2) is 52.7 Å². The van der Waals surface area contributed by atoms with Crippen LogP contribution < -0.4 is 0 Å². The Balaban J connectivity index is 1.39. The van der Waals surface area contributed by atoms with Gasteiger partial charge in [0.2, 0.25) is 15.8 Å². The number of carbonyl (C=O) groups excluding carboxylic acids is 2. The van der Waals surface area contributed by atoms with Crippen LogP contribution in [-0.4, -0.2) is 48.7 Å². The summed E-state index contributed by atoms with van der Waals surface area (Å²) in [5.41, 5.74) is 2.52. The van der Waals surface area contributed by atoms with Crippen LogP contribution in [0.5, 0.6) is 0 Å². The third-order valence-electron chi connectivity index (χ3n) is 6.67. The van der Waals surface area contributed by atoms with E-state index in [0.29, 0.717) is 37.0 Å². The number of piperidine rings is 1. The molecule has 0 unspecified atom stereocenters. The minimum atomic E-state index is -3.63. The first-order chi connectivity index (χ1) is 17.1. The Morgan fingerprint density at radius 1 is 1.06 bits per heavy atom. The van der Waals surface area contributed by atoms with Gasteiger partial charge in [0.25, 0.3) is 0 Å². The Morgan fingerprint density at radius 2 is 1.72 bits per heavy atom. The lowest BCUT2D eigenvalue weighted by molar-refractivity contribution is 0.0474. The summed E-state index contributed by atoms with van der Waals surface area (Å²) in [6.07, 6.45) is 1.01. The third kappa shape index (κ3) is 5.63. The summed E-state index contributed by atoms with van der Waals surface area (Å²) in [5.74, 6) is -0.341. The van der Waals surface area contributed by atoms with Crippen molar-refractivity contribution in [1.82, 2.24) is 8.87 Å². The number of ether oxygens (including phenoxy) is 1. The molecular weight excluding hydrogens is 496 g/mol. The molecule has 36 heavy (non-hydrogen) atoms. The van der Waals surface area contributed by atoms with Crippen molar-refractivity contribution in [2.24, 2.45) is 11.8 Å². The highest BCUT2D eigenvalue weighted by molar-refractivity contribution is 7.89. The van der Waals surface area contributed by atoms with Crippen molar-refractivity contribution in [3.05, 3.63) is 75.2 Å². The Morgan fingerprint density at radius 3 is 2.33 bits per heavy atom. The van der Waals surface area contributed by atoms with Crippen molar-refractivity contribution in [3.8, 4) is 0 Å². The molecule has 0 radical (unpaired) electrons. The average Bonchev–Trinajstić information content (AvgIpc) is 3.45. The number of hydrogen-bond acceptors (Lipinski definition) is 6. The quantitative estimate of drug-likeness (QED) is 0.306. The predicted molar refractivity (Wildman–Crippen MR) is 140 cm³/mol. The number of Topliss-reactive ketones (excluding diaryl/α,β-unsaturated/α-hetero) is 1. The number of aryl methyl sites for hydroxylation is 1. The zero-order valence-electron chi connectivity index (χ0n) is 21.1. The number of hydrogen-bond donors (Lipinski definition) is 0. The number of thiophene rings is 1. The summed E-state index contributed by atoms with van der Waals surface area (Å²) < 4.78 is 35.0.